The summed E-state index contributed by atoms with van der Waals surface area (Å²) in [5.74, 6) is 0. The van der Waals surface area contributed by atoms with Crippen molar-refractivity contribution in [1.29, 1.82) is 0 Å². The van der Waals surface area contributed by atoms with Crippen LogP contribution in [-0.2, 0) is 4.74 Å². The van der Waals surface area contributed by atoms with E-state index >= 15 is 0 Å². The number of rotatable bonds is 4. The first kappa shape index (κ1) is 7.50. The molecule has 8 heavy (non-hydrogen) atoms. The number of ether oxygens (including phenoxy) is 1. The minimum atomic E-state index is -0.655. The highest BCUT2D eigenvalue weighted by Crippen LogP contribution is 1.96. The Balaban J connectivity index is 3.03. The second-order valence-corrected chi connectivity index (χ2v) is 1.55. The molecular weight excluding hydrogens is 104 g/mol. The average molecular weight is 116 g/mol. The Bertz CT molecular complexity index is 61.5. The topological polar surface area (TPSA) is 29.5 Å². The fourth-order valence-corrected chi connectivity index (χ4v) is 0.426. The van der Waals surface area contributed by atoms with E-state index in [9.17, 15) is 0 Å². The highest BCUT2D eigenvalue weighted by molar-refractivity contribution is 4.50. The molecule has 0 aromatic heterocycles. The molecule has 0 aromatic carbocycles. The zero-order chi connectivity index (χ0) is 6.41. The molecular formula is C6H12O2. The maximum absolute atomic E-state index is 8.76. The molecule has 0 bridgehead atoms. The molecule has 1 N–H and O–H groups in total. The summed E-state index contributed by atoms with van der Waals surface area (Å²) in [5, 5.41) is 8.76. The first-order chi connectivity index (χ1) is 3.81. The SMILES string of the molecule is C=COC(O)CCC. The van der Waals surface area contributed by atoms with Crippen LogP contribution in [0, 0.1) is 0 Å². The fraction of sp³-hybridized carbons (Fsp3) is 0.667. The van der Waals surface area contributed by atoms with Crippen LogP contribution in [-0.4, -0.2) is 11.4 Å². The first-order valence-corrected chi connectivity index (χ1v) is 2.75. The Morgan fingerprint density at radius 1 is 1.88 bits per heavy atom. The normalized spacial score (nSPS) is 12.8. The van der Waals surface area contributed by atoms with Crippen LogP contribution in [0.4, 0.5) is 0 Å². The van der Waals surface area contributed by atoms with Gasteiger partial charge in [-0.25, -0.2) is 0 Å². The van der Waals surface area contributed by atoms with Gasteiger partial charge in [0.1, 0.15) is 0 Å². The van der Waals surface area contributed by atoms with Gasteiger partial charge in [0.2, 0.25) is 0 Å². The lowest BCUT2D eigenvalue weighted by atomic mass is 10.3. The third-order valence-corrected chi connectivity index (χ3v) is 0.789. The van der Waals surface area contributed by atoms with E-state index in [4.69, 9.17) is 5.11 Å². The van der Waals surface area contributed by atoms with Crippen molar-refractivity contribution in [3.63, 3.8) is 0 Å². The van der Waals surface area contributed by atoms with Crippen molar-refractivity contribution in [2.75, 3.05) is 0 Å². The van der Waals surface area contributed by atoms with Gasteiger partial charge in [-0.1, -0.05) is 19.9 Å². The van der Waals surface area contributed by atoms with Gasteiger partial charge in [0.25, 0.3) is 0 Å². The maximum Gasteiger partial charge on any atom is 0.196 e. The molecule has 2 nitrogen and oxygen atoms in total. The quantitative estimate of drug-likeness (QED) is 0.442. The van der Waals surface area contributed by atoms with Crippen LogP contribution >= 0.6 is 0 Å². The molecule has 0 radical (unpaired) electrons. The van der Waals surface area contributed by atoms with Crippen molar-refractivity contribution < 1.29 is 9.84 Å². The lowest BCUT2D eigenvalue weighted by Gasteiger charge is -2.06. The Morgan fingerprint density at radius 3 is 2.88 bits per heavy atom. The molecule has 0 aliphatic carbocycles. The molecule has 1 atom stereocenters. The van der Waals surface area contributed by atoms with Crippen molar-refractivity contribution in [3.05, 3.63) is 12.8 Å². The molecule has 0 heterocycles. The lowest BCUT2D eigenvalue weighted by Crippen LogP contribution is -2.06. The third kappa shape index (κ3) is 3.68. The Kier molecular flexibility index (Phi) is 4.36. The highest BCUT2D eigenvalue weighted by atomic mass is 16.6. The fourth-order valence-electron chi connectivity index (χ4n) is 0.426. The van der Waals surface area contributed by atoms with Crippen LogP contribution in [0.5, 0.6) is 0 Å². The van der Waals surface area contributed by atoms with Gasteiger partial charge in [0.05, 0.1) is 6.26 Å². The Hall–Kier alpha value is -0.500. The summed E-state index contributed by atoms with van der Waals surface area (Å²) in [5.41, 5.74) is 0. The van der Waals surface area contributed by atoms with Crippen molar-refractivity contribution >= 4 is 0 Å². The zero-order valence-electron chi connectivity index (χ0n) is 5.13. The predicted octanol–water partition coefficient (Wildman–Crippen LogP) is 1.26. The van der Waals surface area contributed by atoms with Crippen LogP contribution in [0.15, 0.2) is 12.8 Å². The average Bonchev–Trinajstić information content (AvgIpc) is 1.68. The molecule has 0 saturated carbocycles. The van der Waals surface area contributed by atoms with Crippen molar-refractivity contribution in [2.24, 2.45) is 0 Å². The molecule has 1 unspecified atom stereocenters. The maximum atomic E-state index is 8.76. The zero-order valence-corrected chi connectivity index (χ0v) is 5.13. The lowest BCUT2D eigenvalue weighted by molar-refractivity contribution is -0.0558. The third-order valence-electron chi connectivity index (χ3n) is 0.789. The standard InChI is InChI=1S/C6H12O2/c1-3-5-6(7)8-4-2/h4,6-7H,2-3,5H2,1H3. The summed E-state index contributed by atoms with van der Waals surface area (Å²) < 4.78 is 4.60. The summed E-state index contributed by atoms with van der Waals surface area (Å²) in [4.78, 5) is 0. The van der Waals surface area contributed by atoms with Gasteiger partial charge in [0, 0.05) is 6.42 Å². The smallest absolute Gasteiger partial charge is 0.196 e. The van der Waals surface area contributed by atoms with Crippen molar-refractivity contribution in [2.45, 2.75) is 26.1 Å². The van der Waals surface area contributed by atoms with E-state index in [0.717, 1.165) is 6.42 Å². The molecule has 0 saturated heterocycles. The minimum absolute atomic E-state index is 0.655. The van der Waals surface area contributed by atoms with E-state index in [1.54, 1.807) is 0 Å². The summed E-state index contributed by atoms with van der Waals surface area (Å²) in [6.45, 7) is 5.28. The molecule has 0 amide bonds. The monoisotopic (exact) mass is 116 g/mol. The number of hydrogen-bond acceptors (Lipinski definition) is 2. The molecule has 0 aliphatic rings. The molecule has 0 aliphatic heterocycles. The van der Waals surface area contributed by atoms with E-state index in [-0.39, 0.29) is 0 Å². The Labute approximate surface area is 49.8 Å². The minimum Gasteiger partial charge on any atom is -0.473 e. The largest absolute Gasteiger partial charge is 0.473 e. The van der Waals surface area contributed by atoms with E-state index in [0.29, 0.717) is 6.42 Å². The number of aliphatic hydroxyl groups is 1. The van der Waals surface area contributed by atoms with Crippen LogP contribution in [0.1, 0.15) is 19.8 Å². The highest BCUT2D eigenvalue weighted by Gasteiger charge is 1.96. The van der Waals surface area contributed by atoms with E-state index in [2.05, 4.69) is 11.3 Å². The second-order valence-electron chi connectivity index (χ2n) is 1.55. The van der Waals surface area contributed by atoms with Crippen LogP contribution in [0.3, 0.4) is 0 Å². The van der Waals surface area contributed by atoms with Crippen molar-refractivity contribution in [3.8, 4) is 0 Å². The van der Waals surface area contributed by atoms with E-state index in [1.807, 2.05) is 6.92 Å². The van der Waals surface area contributed by atoms with Crippen LogP contribution in [0.25, 0.3) is 0 Å². The molecule has 2 heteroatoms. The van der Waals surface area contributed by atoms with E-state index in [1.165, 1.54) is 6.26 Å². The molecule has 0 aromatic rings. The van der Waals surface area contributed by atoms with Crippen LogP contribution < -0.4 is 0 Å². The first-order valence-electron chi connectivity index (χ1n) is 2.75. The van der Waals surface area contributed by atoms with Gasteiger partial charge in [-0.05, 0) is 0 Å². The second kappa shape index (κ2) is 4.65. The van der Waals surface area contributed by atoms with Gasteiger partial charge in [0.15, 0.2) is 6.29 Å². The molecule has 0 fully saturated rings. The molecule has 48 valence electrons. The summed E-state index contributed by atoms with van der Waals surface area (Å²) in [6.07, 6.45) is 2.19. The summed E-state index contributed by atoms with van der Waals surface area (Å²) in [7, 11) is 0. The summed E-state index contributed by atoms with van der Waals surface area (Å²) >= 11 is 0. The van der Waals surface area contributed by atoms with Gasteiger partial charge in [-0.15, -0.1) is 0 Å². The van der Waals surface area contributed by atoms with Gasteiger partial charge in [-0.3, -0.25) is 0 Å². The van der Waals surface area contributed by atoms with Gasteiger partial charge < -0.3 is 9.84 Å². The Morgan fingerprint density at radius 2 is 2.50 bits per heavy atom. The van der Waals surface area contributed by atoms with Gasteiger partial charge >= 0.3 is 0 Å². The van der Waals surface area contributed by atoms with Crippen molar-refractivity contribution in [1.82, 2.24) is 0 Å². The van der Waals surface area contributed by atoms with Crippen LogP contribution in [0.2, 0.25) is 0 Å². The molecule has 0 spiro atoms. The predicted molar refractivity (Wildman–Crippen MR) is 32.2 cm³/mol. The van der Waals surface area contributed by atoms with E-state index < -0.39 is 6.29 Å². The molecule has 0 rings (SSSR count). The number of hydrogen-bond donors (Lipinski definition) is 1. The summed E-state index contributed by atoms with van der Waals surface area (Å²) in [6, 6.07) is 0. The van der Waals surface area contributed by atoms with Gasteiger partial charge in [-0.2, -0.15) is 0 Å². The number of aliphatic hydroxyl groups excluding tert-OH is 1.